The molecule has 1 saturated carbocycles. The average molecular weight is 492 g/mol. The summed E-state index contributed by atoms with van der Waals surface area (Å²) in [6.07, 6.45) is 4.23. The van der Waals surface area contributed by atoms with Gasteiger partial charge in [-0.1, -0.05) is 67.2 Å². The minimum Gasteiger partial charge on any atom is -0.352 e. The van der Waals surface area contributed by atoms with Crippen LogP contribution in [0.1, 0.15) is 50.2 Å². The van der Waals surface area contributed by atoms with Gasteiger partial charge in [0, 0.05) is 24.2 Å². The highest BCUT2D eigenvalue weighted by Gasteiger charge is 2.31. The molecule has 9 heteroatoms. The van der Waals surface area contributed by atoms with Crippen molar-refractivity contribution in [2.75, 3.05) is 0 Å². The fourth-order valence-corrected chi connectivity index (χ4v) is 4.55. The molecule has 0 radical (unpaired) electrons. The van der Waals surface area contributed by atoms with Crippen LogP contribution in [0.2, 0.25) is 10.0 Å². The van der Waals surface area contributed by atoms with Crippen LogP contribution < -0.4 is 5.32 Å². The molecule has 2 aromatic rings. The molecule has 7 nitrogen and oxygen atoms in total. The van der Waals surface area contributed by atoms with Crippen molar-refractivity contribution < 1.29 is 14.5 Å². The molecule has 33 heavy (non-hydrogen) atoms. The molecule has 1 N–H and O–H groups in total. The van der Waals surface area contributed by atoms with Crippen molar-refractivity contribution in [3.63, 3.8) is 0 Å². The number of carbonyl (C=O) groups excluding carboxylic acids is 2. The summed E-state index contributed by atoms with van der Waals surface area (Å²) in [5.41, 5.74) is 0.897. The molecule has 0 aromatic heterocycles. The SMILES string of the molecule is CC[C@H](C(=O)NC1CCCC1)N(Cc1ccc(Cl)c(Cl)c1)C(=O)Cc1ccccc1[N+](=O)[O-]. The Labute approximate surface area is 203 Å². The summed E-state index contributed by atoms with van der Waals surface area (Å²) in [5.74, 6) is -0.579. The van der Waals surface area contributed by atoms with Gasteiger partial charge in [-0.3, -0.25) is 19.7 Å². The lowest BCUT2D eigenvalue weighted by Gasteiger charge is -2.31. The number of amides is 2. The van der Waals surface area contributed by atoms with Gasteiger partial charge >= 0.3 is 0 Å². The van der Waals surface area contributed by atoms with Gasteiger partial charge in [-0.15, -0.1) is 0 Å². The number of hydrogen-bond acceptors (Lipinski definition) is 4. The van der Waals surface area contributed by atoms with Crippen molar-refractivity contribution in [3.05, 3.63) is 73.8 Å². The first kappa shape index (κ1) is 25.0. The van der Waals surface area contributed by atoms with Gasteiger partial charge in [0.25, 0.3) is 5.69 Å². The van der Waals surface area contributed by atoms with Crippen LogP contribution in [0, 0.1) is 10.1 Å². The van der Waals surface area contributed by atoms with Gasteiger partial charge in [0.1, 0.15) is 6.04 Å². The van der Waals surface area contributed by atoms with Crippen LogP contribution in [0.5, 0.6) is 0 Å². The van der Waals surface area contributed by atoms with E-state index in [1.807, 2.05) is 6.92 Å². The maximum atomic E-state index is 13.4. The smallest absolute Gasteiger partial charge is 0.273 e. The fraction of sp³-hybridized carbons (Fsp3) is 0.417. The Balaban J connectivity index is 1.89. The van der Waals surface area contributed by atoms with Gasteiger partial charge in [-0.2, -0.15) is 0 Å². The number of nitrogens with one attached hydrogen (secondary N) is 1. The van der Waals surface area contributed by atoms with E-state index in [4.69, 9.17) is 23.2 Å². The molecule has 3 rings (SSSR count). The molecule has 0 aliphatic heterocycles. The van der Waals surface area contributed by atoms with Crippen molar-refractivity contribution in [1.82, 2.24) is 10.2 Å². The van der Waals surface area contributed by atoms with Gasteiger partial charge in [-0.25, -0.2) is 0 Å². The molecule has 0 heterocycles. The predicted molar refractivity (Wildman–Crippen MR) is 128 cm³/mol. The summed E-state index contributed by atoms with van der Waals surface area (Å²) in [7, 11) is 0. The third-order valence-electron chi connectivity index (χ3n) is 5.95. The van der Waals surface area contributed by atoms with Crippen molar-refractivity contribution in [2.45, 2.75) is 64.1 Å². The summed E-state index contributed by atoms with van der Waals surface area (Å²) < 4.78 is 0. The number of hydrogen-bond donors (Lipinski definition) is 1. The summed E-state index contributed by atoms with van der Waals surface area (Å²) in [4.78, 5) is 39.0. The molecule has 0 saturated heterocycles. The van der Waals surface area contributed by atoms with E-state index in [2.05, 4.69) is 5.32 Å². The van der Waals surface area contributed by atoms with E-state index in [0.29, 0.717) is 27.6 Å². The van der Waals surface area contributed by atoms with Crippen LogP contribution in [-0.4, -0.2) is 33.7 Å². The van der Waals surface area contributed by atoms with E-state index in [1.165, 1.54) is 11.0 Å². The minimum atomic E-state index is -0.713. The van der Waals surface area contributed by atoms with E-state index in [0.717, 1.165) is 25.7 Å². The van der Waals surface area contributed by atoms with Gasteiger partial charge in [0.2, 0.25) is 11.8 Å². The number of benzene rings is 2. The largest absolute Gasteiger partial charge is 0.352 e. The monoisotopic (exact) mass is 491 g/mol. The Morgan fingerprint density at radius 3 is 2.48 bits per heavy atom. The third kappa shape index (κ3) is 6.45. The molecule has 1 aliphatic carbocycles. The lowest BCUT2D eigenvalue weighted by atomic mass is 10.0. The number of nitrogens with zero attached hydrogens (tertiary/aromatic N) is 2. The second-order valence-electron chi connectivity index (χ2n) is 8.25. The Morgan fingerprint density at radius 2 is 1.85 bits per heavy atom. The quantitative estimate of drug-likeness (QED) is 0.379. The Hall–Kier alpha value is -2.64. The van der Waals surface area contributed by atoms with Crippen LogP contribution in [0.3, 0.4) is 0 Å². The maximum absolute atomic E-state index is 13.4. The highest BCUT2D eigenvalue weighted by atomic mass is 35.5. The zero-order valence-electron chi connectivity index (χ0n) is 18.4. The number of rotatable bonds is 9. The van der Waals surface area contributed by atoms with E-state index in [9.17, 15) is 19.7 Å². The van der Waals surface area contributed by atoms with E-state index in [-0.39, 0.29) is 36.5 Å². The minimum absolute atomic E-state index is 0.115. The lowest BCUT2D eigenvalue weighted by Crippen LogP contribution is -2.51. The Morgan fingerprint density at radius 1 is 1.15 bits per heavy atom. The van der Waals surface area contributed by atoms with Crippen LogP contribution in [0.4, 0.5) is 5.69 Å². The van der Waals surface area contributed by atoms with Crippen LogP contribution in [0.15, 0.2) is 42.5 Å². The average Bonchev–Trinajstić information content (AvgIpc) is 3.29. The topological polar surface area (TPSA) is 92.6 Å². The second kappa shape index (κ2) is 11.5. The molecular formula is C24H27Cl2N3O4. The lowest BCUT2D eigenvalue weighted by molar-refractivity contribution is -0.385. The molecule has 1 fully saturated rings. The summed E-state index contributed by atoms with van der Waals surface area (Å²) >= 11 is 12.2. The second-order valence-corrected chi connectivity index (χ2v) is 9.06. The third-order valence-corrected chi connectivity index (χ3v) is 6.69. The van der Waals surface area contributed by atoms with Gasteiger partial charge in [0.15, 0.2) is 0 Å². The van der Waals surface area contributed by atoms with Crippen molar-refractivity contribution >= 4 is 40.7 Å². The van der Waals surface area contributed by atoms with Gasteiger partial charge < -0.3 is 10.2 Å². The normalized spacial score (nSPS) is 14.6. The van der Waals surface area contributed by atoms with Crippen molar-refractivity contribution in [1.29, 1.82) is 0 Å². The highest BCUT2D eigenvalue weighted by molar-refractivity contribution is 6.42. The number of para-hydroxylation sites is 1. The van der Waals surface area contributed by atoms with Gasteiger partial charge in [-0.05, 0) is 37.0 Å². The summed E-state index contributed by atoms with van der Waals surface area (Å²) in [5, 5.41) is 15.2. The van der Waals surface area contributed by atoms with E-state index < -0.39 is 11.0 Å². The van der Waals surface area contributed by atoms with Crippen LogP contribution in [0.25, 0.3) is 0 Å². The molecule has 176 valence electrons. The first-order valence-corrected chi connectivity index (χ1v) is 11.8. The van der Waals surface area contributed by atoms with E-state index in [1.54, 1.807) is 36.4 Å². The standard InChI is InChI=1S/C24H27Cl2N3O4/c1-2-21(24(31)27-18-8-4-5-9-18)28(15-16-11-12-19(25)20(26)13-16)23(30)14-17-7-3-6-10-22(17)29(32)33/h3,6-7,10-13,18,21H,2,4-5,8-9,14-15H2,1H3,(H,27,31)/t21-/m1/s1. The molecule has 0 unspecified atom stereocenters. The Kier molecular flexibility index (Phi) is 8.69. The first-order valence-electron chi connectivity index (χ1n) is 11.1. The molecule has 2 aromatic carbocycles. The van der Waals surface area contributed by atoms with E-state index >= 15 is 0 Å². The number of halogens is 2. The number of nitro groups is 1. The molecular weight excluding hydrogens is 465 g/mol. The van der Waals surface area contributed by atoms with Crippen molar-refractivity contribution in [3.8, 4) is 0 Å². The molecule has 0 bridgehead atoms. The fourth-order valence-electron chi connectivity index (χ4n) is 4.22. The molecule has 1 aliphatic rings. The summed E-state index contributed by atoms with van der Waals surface area (Å²) in [6, 6.07) is 10.6. The zero-order valence-corrected chi connectivity index (χ0v) is 19.9. The first-order chi connectivity index (χ1) is 15.8. The maximum Gasteiger partial charge on any atom is 0.273 e. The molecule has 2 amide bonds. The highest BCUT2D eigenvalue weighted by Crippen LogP contribution is 2.26. The molecule has 0 spiro atoms. The predicted octanol–water partition coefficient (Wildman–Crippen LogP) is 5.31. The van der Waals surface area contributed by atoms with Crippen molar-refractivity contribution in [2.24, 2.45) is 0 Å². The van der Waals surface area contributed by atoms with Crippen LogP contribution >= 0.6 is 23.2 Å². The number of carbonyl (C=O) groups is 2. The van der Waals surface area contributed by atoms with Crippen LogP contribution in [-0.2, 0) is 22.6 Å². The summed E-state index contributed by atoms with van der Waals surface area (Å²) in [6.45, 7) is 1.98. The Bertz CT molecular complexity index is 1020. The van der Waals surface area contributed by atoms with Gasteiger partial charge in [0.05, 0.1) is 21.4 Å². The number of nitro benzene ring substituents is 1. The molecule has 1 atom stereocenters. The zero-order chi connectivity index (χ0) is 24.0.